The Morgan fingerprint density at radius 2 is 2.37 bits per heavy atom. The maximum Gasteiger partial charge on any atom is 0.264 e. The van der Waals surface area contributed by atoms with Gasteiger partial charge in [-0.3, -0.25) is 10.1 Å². The third-order valence-electron chi connectivity index (χ3n) is 2.61. The first-order valence-electron chi connectivity index (χ1n) is 5.59. The summed E-state index contributed by atoms with van der Waals surface area (Å²) in [4.78, 5) is 16.1. The SMILES string of the molecule is O=[N+]([O-])C=C1SCCCN1Cc1cnc(Cl)cc1Cl. The molecule has 0 aliphatic carbocycles. The van der Waals surface area contributed by atoms with Gasteiger partial charge in [0.2, 0.25) is 0 Å². The molecule has 2 heterocycles. The van der Waals surface area contributed by atoms with E-state index in [1.807, 2.05) is 4.90 Å². The van der Waals surface area contributed by atoms with Crippen LogP contribution in [-0.4, -0.2) is 27.1 Å². The van der Waals surface area contributed by atoms with Crippen LogP contribution in [0, 0.1) is 10.1 Å². The summed E-state index contributed by atoms with van der Waals surface area (Å²) in [5.41, 5.74) is 0.808. The Bertz CT molecular complexity index is 525. The highest BCUT2D eigenvalue weighted by atomic mass is 35.5. The number of pyridine rings is 1. The fourth-order valence-corrected chi connectivity index (χ4v) is 3.16. The molecule has 0 radical (unpaired) electrons. The molecule has 1 aliphatic heterocycles. The van der Waals surface area contributed by atoms with Crippen molar-refractivity contribution in [1.29, 1.82) is 0 Å². The van der Waals surface area contributed by atoms with E-state index in [1.165, 1.54) is 11.8 Å². The summed E-state index contributed by atoms with van der Waals surface area (Å²) in [7, 11) is 0. The highest BCUT2D eigenvalue weighted by Crippen LogP contribution is 2.30. The number of nitro groups is 1. The molecule has 102 valence electrons. The van der Waals surface area contributed by atoms with Crippen molar-refractivity contribution < 1.29 is 4.92 Å². The van der Waals surface area contributed by atoms with Crippen LogP contribution < -0.4 is 0 Å². The largest absolute Gasteiger partial charge is 0.357 e. The highest BCUT2D eigenvalue weighted by Gasteiger charge is 2.20. The van der Waals surface area contributed by atoms with E-state index in [1.54, 1.807) is 12.3 Å². The molecular formula is C11H11Cl2N3O2S. The van der Waals surface area contributed by atoms with Gasteiger partial charge in [0.1, 0.15) is 10.2 Å². The van der Waals surface area contributed by atoms with Gasteiger partial charge in [0.05, 0.1) is 9.95 Å². The zero-order valence-corrected chi connectivity index (χ0v) is 12.2. The second-order valence-electron chi connectivity index (χ2n) is 3.97. The molecule has 1 fully saturated rings. The molecule has 0 bridgehead atoms. The minimum atomic E-state index is -0.428. The van der Waals surface area contributed by atoms with E-state index in [-0.39, 0.29) is 0 Å². The maximum atomic E-state index is 10.6. The Labute approximate surface area is 124 Å². The summed E-state index contributed by atoms with van der Waals surface area (Å²) in [6.07, 6.45) is 3.63. The van der Waals surface area contributed by atoms with E-state index in [4.69, 9.17) is 23.2 Å². The first-order valence-corrected chi connectivity index (χ1v) is 7.33. The third-order valence-corrected chi connectivity index (χ3v) is 4.32. The van der Waals surface area contributed by atoms with Gasteiger partial charge in [-0.1, -0.05) is 23.2 Å². The van der Waals surface area contributed by atoms with E-state index >= 15 is 0 Å². The molecule has 1 aromatic rings. The molecule has 5 nitrogen and oxygen atoms in total. The molecule has 0 saturated carbocycles. The summed E-state index contributed by atoms with van der Waals surface area (Å²) >= 11 is 13.3. The molecule has 0 spiro atoms. The lowest BCUT2D eigenvalue weighted by Gasteiger charge is -2.29. The van der Waals surface area contributed by atoms with E-state index in [0.717, 1.165) is 30.5 Å². The zero-order valence-electron chi connectivity index (χ0n) is 9.88. The summed E-state index contributed by atoms with van der Waals surface area (Å²) in [6, 6.07) is 1.58. The van der Waals surface area contributed by atoms with Gasteiger partial charge in [-0.25, -0.2) is 4.98 Å². The van der Waals surface area contributed by atoms with Crippen LogP contribution in [0.3, 0.4) is 0 Å². The molecule has 0 unspecified atom stereocenters. The minimum absolute atomic E-state index is 0.336. The van der Waals surface area contributed by atoms with Gasteiger partial charge in [0.15, 0.2) is 0 Å². The van der Waals surface area contributed by atoms with Gasteiger partial charge in [-0.15, -0.1) is 11.8 Å². The molecule has 1 aromatic heterocycles. The van der Waals surface area contributed by atoms with Gasteiger partial charge >= 0.3 is 0 Å². The summed E-state index contributed by atoms with van der Waals surface area (Å²) in [5, 5.41) is 12.1. The van der Waals surface area contributed by atoms with Crippen molar-refractivity contribution in [3.05, 3.63) is 49.3 Å². The van der Waals surface area contributed by atoms with Crippen LogP contribution in [0.15, 0.2) is 23.5 Å². The van der Waals surface area contributed by atoms with Crippen LogP contribution in [-0.2, 0) is 6.54 Å². The van der Waals surface area contributed by atoms with E-state index in [2.05, 4.69) is 4.98 Å². The van der Waals surface area contributed by atoms with E-state index in [0.29, 0.717) is 21.7 Å². The average molecular weight is 320 g/mol. The fraction of sp³-hybridized carbons (Fsp3) is 0.364. The van der Waals surface area contributed by atoms with Crippen molar-refractivity contribution in [3.63, 3.8) is 0 Å². The molecule has 0 aromatic carbocycles. The Morgan fingerprint density at radius 1 is 1.58 bits per heavy atom. The van der Waals surface area contributed by atoms with Gasteiger partial charge in [0.25, 0.3) is 6.20 Å². The fourth-order valence-electron chi connectivity index (χ4n) is 1.76. The highest BCUT2D eigenvalue weighted by molar-refractivity contribution is 8.03. The van der Waals surface area contributed by atoms with Gasteiger partial charge < -0.3 is 4.90 Å². The number of aromatic nitrogens is 1. The molecular weight excluding hydrogens is 309 g/mol. The lowest BCUT2D eigenvalue weighted by atomic mass is 10.2. The molecule has 0 N–H and O–H groups in total. The molecule has 0 atom stereocenters. The summed E-state index contributed by atoms with van der Waals surface area (Å²) < 4.78 is 0. The first-order chi connectivity index (χ1) is 9.06. The Hall–Kier alpha value is -0.980. The molecule has 19 heavy (non-hydrogen) atoms. The molecule has 1 aliphatic rings. The second-order valence-corrected chi connectivity index (χ2v) is 5.88. The second kappa shape index (κ2) is 6.45. The van der Waals surface area contributed by atoms with Crippen molar-refractivity contribution in [2.45, 2.75) is 13.0 Å². The van der Waals surface area contributed by atoms with Crippen molar-refractivity contribution in [1.82, 2.24) is 9.88 Å². The molecule has 1 saturated heterocycles. The smallest absolute Gasteiger partial charge is 0.264 e. The standard InChI is InChI=1S/C11H11Cl2N3O2S/c12-9-4-10(13)14-5-8(9)6-15-2-1-3-19-11(15)7-16(17)18/h4-5,7H,1-3,6H2. The monoisotopic (exact) mass is 319 g/mol. The van der Waals surface area contributed by atoms with Crippen molar-refractivity contribution in [2.75, 3.05) is 12.3 Å². The molecule has 2 rings (SSSR count). The number of rotatable bonds is 3. The average Bonchev–Trinajstić information content (AvgIpc) is 2.34. The lowest BCUT2D eigenvalue weighted by molar-refractivity contribution is -0.403. The Balaban J connectivity index is 2.17. The molecule has 0 amide bonds. The Morgan fingerprint density at radius 3 is 3.05 bits per heavy atom. The zero-order chi connectivity index (χ0) is 13.8. The van der Waals surface area contributed by atoms with Crippen molar-refractivity contribution >= 4 is 35.0 Å². The van der Waals surface area contributed by atoms with Crippen LogP contribution in [0.5, 0.6) is 0 Å². The quantitative estimate of drug-likeness (QED) is 0.485. The van der Waals surface area contributed by atoms with E-state index in [9.17, 15) is 10.1 Å². The number of nitrogens with zero attached hydrogens (tertiary/aromatic N) is 3. The summed E-state index contributed by atoms with van der Waals surface area (Å²) in [6.45, 7) is 1.27. The number of hydrogen-bond donors (Lipinski definition) is 0. The normalized spacial score (nSPS) is 17.8. The van der Waals surface area contributed by atoms with Crippen LogP contribution in [0.25, 0.3) is 0 Å². The van der Waals surface area contributed by atoms with Crippen LogP contribution in [0.2, 0.25) is 10.2 Å². The van der Waals surface area contributed by atoms with Crippen LogP contribution in [0.4, 0.5) is 0 Å². The topological polar surface area (TPSA) is 59.3 Å². The van der Waals surface area contributed by atoms with Crippen LogP contribution >= 0.6 is 35.0 Å². The molecule has 8 heteroatoms. The van der Waals surface area contributed by atoms with Gasteiger partial charge in [-0.05, 0) is 12.5 Å². The first kappa shape index (κ1) is 14.4. The predicted octanol–water partition coefficient (Wildman–Crippen LogP) is 3.40. The number of hydrogen-bond acceptors (Lipinski definition) is 5. The predicted molar refractivity (Wildman–Crippen MR) is 76.8 cm³/mol. The maximum absolute atomic E-state index is 10.6. The van der Waals surface area contributed by atoms with Gasteiger partial charge in [0, 0.05) is 30.6 Å². The Kier molecular flexibility index (Phi) is 4.90. The summed E-state index contributed by atoms with van der Waals surface area (Å²) in [5.74, 6) is 0.892. The van der Waals surface area contributed by atoms with Crippen molar-refractivity contribution in [2.24, 2.45) is 0 Å². The number of thioether (sulfide) groups is 1. The van der Waals surface area contributed by atoms with E-state index < -0.39 is 4.92 Å². The van der Waals surface area contributed by atoms with Crippen molar-refractivity contribution in [3.8, 4) is 0 Å². The minimum Gasteiger partial charge on any atom is -0.357 e. The number of halogens is 2. The van der Waals surface area contributed by atoms with Gasteiger partial charge in [-0.2, -0.15) is 0 Å². The van der Waals surface area contributed by atoms with Crippen LogP contribution in [0.1, 0.15) is 12.0 Å². The lowest BCUT2D eigenvalue weighted by Crippen LogP contribution is -2.27. The third kappa shape index (κ3) is 3.99.